The van der Waals surface area contributed by atoms with Crippen LogP contribution in [0.15, 0.2) is 0 Å². The number of amides is 2. The molecule has 0 spiro atoms. The van der Waals surface area contributed by atoms with E-state index in [9.17, 15) is 18.0 Å². The fourth-order valence-corrected chi connectivity index (χ4v) is 3.16. The molecule has 2 unspecified atom stereocenters. The fourth-order valence-electron chi connectivity index (χ4n) is 2.39. The predicted molar refractivity (Wildman–Crippen MR) is 80.1 cm³/mol. The first-order valence-electron chi connectivity index (χ1n) is 7.03. The van der Waals surface area contributed by atoms with Gasteiger partial charge in [-0.25, -0.2) is 22.3 Å². The summed E-state index contributed by atoms with van der Waals surface area (Å²) in [6.07, 6.45) is -0.539. The van der Waals surface area contributed by atoms with E-state index in [-0.39, 0.29) is 18.5 Å². The van der Waals surface area contributed by atoms with Crippen LogP contribution < -0.4 is 0 Å². The standard InChI is InChI=1S/C13H24N2O6S/c1-9-10(6-7-14(9)11(16)17)8-15(22(5,19)20)12(18)21-13(2,3)4/h9-10H,6-8H2,1-5H3,(H,16,17). The summed E-state index contributed by atoms with van der Waals surface area (Å²) in [5, 5.41) is 9.06. The minimum absolute atomic E-state index is 0.0846. The van der Waals surface area contributed by atoms with Gasteiger partial charge in [0.2, 0.25) is 10.0 Å². The second-order valence-electron chi connectivity index (χ2n) is 6.54. The van der Waals surface area contributed by atoms with Crippen LogP contribution in [0.25, 0.3) is 0 Å². The Labute approximate surface area is 131 Å². The van der Waals surface area contributed by atoms with Gasteiger partial charge in [0.15, 0.2) is 0 Å². The van der Waals surface area contributed by atoms with Gasteiger partial charge in [-0.15, -0.1) is 0 Å². The molecular formula is C13H24N2O6S. The van der Waals surface area contributed by atoms with Crippen LogP contribution in [0.1, 0.15) is 34.1 Å². The second kappa shape index (κ2) is 6.31. The highest BCUT2D eigenvalue weighted by molar-refractivity contribution is 7.88. The first kappa shape index (κ1) is 18.5. The lowest BCUT2D eigenvalue weighted by atomic mass is 10.0. The van der Waals surface area contributed by atoms with Crippen molar-refractivity contribution in [1.82, 2.24) is 9.21 Å². The average molecular weight is 336 g/mol. The van der Waals surface area contributed by atoms with E-state index in [1.807, 2.05) is 0 Å². The number of hydrogen-bond donors (Lipinski definition) is 1. The van der Waals surface area contributed by atoms with Gasteiger partial charge in [0.25, 0.3) is 0 Å². The highest BCUT2D eigenvalue weighted by Crippen LogP contribution is 2.26. The van der Waals surface area contributed by atoms with Crippen molar-refractivity contribution in [3.8, 4) is 0 Å². The molecule has 1 aliphatic rings. The van der Waals surface area contributed by atoms with E-state index < -0.39 is 27.8 Å². The molecular weight excluding hydrogens is 312 g/mol. The Kier molecular flexibility index (Phi) is 5.32. The van der Waals surface area contributed by atoms with E-state index >= 15 is 0 Å². The zero-order valence-corrected chi connectivity index (χ0v) is 14.4. The largest absolute Gasteiger partial charge is 0.465 e. The summed E-state index contributed by atoms with van der Waals surface area (Å²) in [6, 6.07) is -0.357. The molecule has 0 bridgehead atoms. The molecule has 128 valence electrons. The van der Waals surface area contributed by atoms with Crippen molar-refractivity contribution >= 4 is 22.2 Å². The Hall–Kier alpha value is -1.51. The normalized spacial score (nSPS) is 22.5. The van der Waals surface area contributed by atoms with Crippen LogP contribution in [0.4, 0.5) is 9.59 Å². The molecule has 22 heavy (non-hydrogen) atoms. The number of nitrogens with zero attached hydrogens (tertiary/aromatic N) is 2. The van der Waals surface area contributed by atoms with Gasteiger partial charge in [-0.2, -0.15) is 0 Å². The van der Waals surface area contributed by atoms with Crippen LogP contribution >= 0.6 is 0 Å². The number of hydrogen-bond acceptors (Lipinski definition) is 5. The molecule has 1 rings (SSSR count). The molecule has 2 amide bonds. The summed E-state index contributed by atoms with van der Waals surface area (Å²) in [7, 11) is -3.79. The first-order chi connectivity index (χ1) is 9.83. The third-order valence-electron chi connectivity index (χ3n) is 3.56. The highest BCUT2D eigenvalue weighted by atomic mass is 32.2. The third-order valence-corrected chi connectivity index (χ3v) is 4.66. The SMILES string of the molecule is CC1C(CN(C(=O)OC(C)(C)C)S(C)(=O)=O)CCN1C(=O)O. The number of sulfonamides is 1. The van der Waals surface area contributed by atoms with Crippen LogP contribution in [0.2, 0.25) is 0 Å². The summed E-state index contributed by atoms with van der Waals surface area (Å²) in [5.41, 5.74) is -0.811. The Balaban J connectivity index is 2.88. The van der Waals surface area contributed by atoms with E-state index in [1.165, 1.54) is 4.90 Å². The lowest BCUT2D eigenvalue weighted by Crippen LogP contribution is -2.45. The third kappa shape index (κ3) is 4.75. The predicted octanol–water partition coefficient (Wildman–Crippen LogP) is 1.57. The molecule has 1 aliphatic heterocycles. The molecule has 1 heterocycles. The first-order valence-corrected chi connectivity index (χ1v) is 8.88. The summed E-state index contributed by atoms with van der Waals surface area (Å²) in [5.74, 6) is -0.252. The van der Waals surface area contributed by atoms with Crippen molar-refractivity contribution in [2.45, 2.75) is 45.8 Å². The summed E-state index contributed by atoms with van der Waals surface area (Å²) >= 11 is 0. The van der Waals surface area contributed by atoms with E-state index in [1.54, 1.807) is 27.7 Å². The van der Waals surface area contributed by atoms with Crippen LogP contribution in [-0.2, 0) is 14.8 Å². The van der Waals surface area contributed by atoms with Gasteiger partial charge >= 0.3 is 12.2 Å². The Morgan fingerprint density at radius 2 is 1.91 bits per heavy atom. The molecule has 0 aromatic heterocycles. The maximum Gasteiger partial charge on any atom is 0.424 e. The molecule has 0 saturated carbocycles. The fraction of sp³-hybridized carbons (Fsp3) is 0.846. The van der Waals surface area contributed by atoms with Gasteiger partial charge in [0, 0.05) is 19.1 Å². The zero-order valence-electron chi connectivity index (χ0n) is 13.6. The molecule has 0 aromatic carbocycles. The highest BCUT2D eigenvalue weighted by Gasteiger charge is 2.38. The van der Waals surface area contributed by atoms with Gasteiger partial charge in [0.1, 0.15) is 5.60 Å². The number of carbonyl (C=O) groups is 2. The smallest absolute Gasteiger partial charge is 0.424 e. The van der Waals surface area contributed by atoms with Crippen LogP contribution in [0.3, 0.4) is 0 Å². The van der Waals surface area contributed by atoms with Gasteiger partial charge in [-0.05, 0) is 40.0 Å². The van der Waals surface area contributed by atoms with Crippen LogP contribution in [0, 0.1) is 5.92 Å². The van der Waals surface area contributed by atoms with Crippen molar-refractivity contribution in [3.05, 3.63) is 0 Å². The molecule has 1 N–H and O–H groups in total. The summed E-state index contributed by atoms with van der Waals surface area (Å²) in [6.45, 7) is 6.90. The zero-order chi connectivity index (χ0) is 17.3. The lowest BCUT2D eigenvalue weighted by molar-refractivity contribution is 0.0369. The Bertz CT molecular complexity index is 539. The number of ether oxygens (including phenoxy) is 1. The van der Waals surface area contributed by atoms with Crippen LogP contribution in [0.5, 0.6) is 0 Å². The molecule has 0 aromatic rings. The second-order valence-corrected chi connectivity index (χ2v) is 8.45. The lowest BCUT2D eigenvalue weighted by Gasteiger charge is -2.29. The van der Waals surface area contributed by atoms with Crippen molar-refractivity contribution in [2.24, 2.45) is 5.92 Å². The van der Waals surface area contributed by atoms with Crippen molar-refractivity contribution in [2.75, 3.05) is 19.3 Å². The molecule has 1 saturated heterocycles. The maximum absolute atomic E-state index is 12.1. The van der Waals surface area contributed by atoms with E-state index in [0.29, 0.717) is 17.3 Å². The quantitative estimate of drug-likeness (QED) is 0.839. The molecule has 9 heteroatoms. The number of rotatable bonds is 3. The van der Waals surface area contributed by atoms with Crippen molar-refractivity contribution in [3.63, 3.8) is 0 Å². The Morgan fingerprint density at radius 3 is 2.27 bits per heavy atom. The monoisotopic (exact) mass is 336 g/mol. The molecule has 0 radical (unpaired) electrons. The summed E-state index contributed by atoms with van der Waals surface area (Å²) < 4.78 is 29.5. The van der Waals surface area contributed by atoms with E-state index in [0.717, 1.165) is 6.26 Å². The van der Waals surface area contributed by atoms with Gasteiger partial charge < -0.3 is 14.7 Å². The minimum Gasteiger partial charge on any atom is -0.465 e. The van der Waals surface area contributed by atoms with Gasteiger partial charge in [-0.1, -0.05) is 0 Å². The van der Waals surface area contributed by atoms with Gasteiger partial charge in [-0.3, -0.25) is 0 Å². The summed E-state index contributed by atoms with van der Waals surface area (Å²) in [4.78, 5) is 24.4. The number of carbonyl (C=O) groups excluding carboxylic acids is 1. The average Bonchev–Trinajstić information content (AvgIpc) is 2.63. The maximum atomic E-state index is 12.1. The Morgan fingerprint density at radius 1 is 1.36 bits per heavy atom. The van der Waals surface area contributed by atoms with Crippen LogP contribution in [-0.4, -0.2) is 65.9 Å². The molecule has 1 fully saturated rings. The van der Waals surface area contributed by atoms with Crippen molar-refractivity contribution < 1.29 is 27.9 Å². The molecule has 0 aliphatic carbocycles. The number of likely N-dealkylation sites (tertiary alicyclic amines) is 1. The molecule has 2 atom stereocenters. The number of carboxylic acid groups (broad SMARTS) is 1. The molecule has 8 nitrogen and oxygen atoms in total. The minimum atomic E-state index is -3.79. The van der Waals surface area contributed by atoms with E-state index in [2.05, 4.69) is 0 Å². The van der Waals surface area contributed by atoms with Gasteiger partial charge in [0.05, 0.1) is 6.26 Å². The van der Waals surface area contributed by atoms with E-state index in [4.69, 9.17) is 9.84 Å². The topological polar surface area (TPSA) is 104 Å². The van der Waals surface area contributed by atoms with Crippen molar-refractivity contribution in [1.29, 1.82) is 0 Å².